The second-order valence-corrected chi connectivity index (χ2v) is 5.83. The van der Waals surface area contributed by atoms with Crippen molar-refractivity contribution < 1.29 is 13.6 Å². The number of likely N-dealkylation sites (N-methyl/N-ethyl adjacent to an activating group) is 2. The van der Waals surface area contributed by atoms with Crippen LogP contribution < -0.4 is 15.0 Å². The number of anilines is 1. The van der Waals surface area contributed by atoms with Gasteiger partial charge in [-0.1, -0.05) is 6.92 Å². The molecule has 0 spiro atoms. The van der Waals surface area contributed by atoms with E-state index in [4.69, 9.17) is 8.85 Å². The molecule has 0 aromatic heterocycles. The van der Waals surface area contributed by atoms with Crippen molar-refractivity contribution in [3.63, 3.8) is 0 Å². The number of benzene rings is 1. The fourth-order valence-corrected chi connectivity index (χ4v) is 3.75. The van der Waals surface area contributed by atoms with Gasteiger partial charge in [-0.05, 0) is 37.2 Å². The van der Waals surface area contributed by atoms with E-state index in [1.165, 1.54) is 0 Å². The molecule has 5 nitrogen and oxygen atoms in total. The molecule has 1 aromatic rings. The molecule has 20 heavy (non-hydrogen) atoms. The largest absolute Gasteiger partial charge is 0.412 e. The highest BCUT2D eigenvalue weighted by Crippen LogP contribution is 2.51. The maximum atomic E-state index is 11.6. The van der Waals surface area contributed by atoms with E-state index < -0.39 is 13.1 Å². The Bertz CT molecular complexity index is 649. The van der Waals surface area contributed by atoms with Crippen LogP contribution in [0, 0.1) is 0 Å². The van der Waals surface area contributed by atoms with Gasteiger partial charge in [-0.25, -0.2) is 4.79 Å². The molecule has 0 bridgehead atoms. The minimum absolute atomic E-state index is 0.0291. The van der Waals surface area contributed by atoms with Crippen LogP contribution in [-0.4, -0.2) is 44.8 Å². The molecule has 1 N–H and O–H groups in total. The fraction of sp³-hybridized carbons (Fsp3) is 0.533. The van der Waals surface area contributed by atoms with Crippen molar-refractivity contribution >= 4 is 11.8 Å². The van der Waals surface area contributed by atoms with Gasteiger partial charge in [-0.15, -0.1) is 0 Å². The SMILES string of the molecule is [2H]C([2H])([2H])NC(=O)Oc1ccc2c(c1)[C@@]1(C)CCN(C)[C@H]1N2C. The van der Waals surface area contributed by atoms with Crippen LogP contribution >= 0.6 is 0 Å². The Morgan fingerprint density at radius 1 is 1.55 bits per heavy atom. The summed E-state index contributed by atoms with van der Waals surface area (Å²) in [6.07, 6.45) is 0.335. The number of ether oxygens (including phenoxy) is 1. The second kappa shape index (κ2) is 4.38. The predicted molar refractivity (Wildman–Crippen MR) is 78.3 cm³/mol. The van der Waals surface area contributed by atoms with Gasteiger partial charge >= 0.3 is 6.09 Å². The Kier molecular flexibility index (Phi) is 2.20. The summed E-state index contributed by atoms with van der Waals surface area (Å²) in [5.74, 6) is 0.357. The van der Waals surface area contributed by atoms with Crippen molar-refractivity contribution in [2.45, 2.75) is 24.9 Å². The van der Waals surface area contributed by atoms with E-state index in [0.717, 1.165) is 24.2 Å². The summed E-state index contributed by atoms with van der Waals surface area (Å²) in [7, 11) is 4.18. The van der Waals surface area contributed by atoms with E-state index in [9.17, 15) is 4.79 Å². The van der Waals surface area contributed by atoms with Gasteiger partial charge in [0.2, 0.25) is 0 Å². The Balaban J connectivity index is 1.87. The molecule has 0 saturated carbocycles. The van der Waals surface area contributed by atoms with E-state index in [-0.39, 0.29) is 11.6 Å². The number of amides is 1. The molecule has 2 heterocycles. The van der Waals surface area contributed by atoms with Gasteiger partial charge in [0.1, 0.15) is 5.75 Å². The second-order valence-electron chi connectivity index (χ2n) is 5.83. The third-order valence-corrected chi connectivity index (χ3v) is 4.61. The molecule has 5 heteroatoms. The lowest BCUT2D eigenvalue weighted by Gasteiger charge is -2.32. The van der Waals surface area contributed by atoms with E-state index in [2.05, 4.69) is 30.8 Å². The number of carbonyl (C=O) groups excluding carboxylic acids is 1. The van der Waals surface area contributed by atoms with Crippen LogP contribution in [0.2, 0.25) is 0 Å². The Morgan fingerprint density at radius 3 is 3.10 bits per heavy atom. The maximum absolute atomic E-state index is 11.6. The minimum Gasteiger partial charge on any atom is -0.410 e. The summed E-state index contributed by atoms with van der Waals surface area (Å²) in [5.41, 5.74) is 2.22. The smallest absolute Gasteiger partial charge is 0.410 e. The molecule has 1 fully saturated rings. The van der Waals surface area contributed by atoms with Gasteiger partial charge in [0.15, 0.2) is 0 Å². The van der Waals surface area contributed by atoms with Crippen molar-refractivity contribution in [3.05, 3.63) is 23.8 Å². The molecule has 0 radical (unpaired) electrons. The number of fused-ring (bicyclic) bond motifs is 3. The standard InChI is InChI=1S/C15H21N3O2/c1-15-7-8-17(3)13(15)18(4)12-6-5-10(9-11(12)15)20-14(19)16-2/h5-6,9,13H,7-8H2,1-4H3,(H,16,19)/t13-,15+/m0/s1/i2D3. The number of rotatable bonds is 1. The van der Waals surface area contributed by atoms with Crippen LogP contribution in [0.1, 0.15) is 23.0 Å². The summed E-state index contributed by atoms with van der Waals surface area (Å²) in [6.45, 7) is 0.671. The number of nitrogens with zero attached hydrogens (tertiary/aromatic N) is 2. The van der Waals surface area contributed by atoms with Gasteiger partial charge in [-0.2, -0.15) is 0 Å². The van der Waals surface area contributed by atoms with Crippen molar-refractivity contribution in [1.82, 2.24) is 10.2 Å². The first-order valence-electron chi connectivity index (χ1n) is 8.19. The van der Waals surface area contributed by atoms with E-state index in [1.807, 2.05) is 17.4 Å². The van der Waals surface area contributed by atoms with Crippen LogP contribution in [0.15, 0.2) is 18.2 Å². The summed E-state index contributed by atoms with van der Waals surface area (Å²) in [5, 5.41) is 1.83. The van der Waals surface area contributed by atoms with Crippen LogP contribution in [0.25, 0.3) is 0 Å². The normalized spacial score (nSPS) is 31.1. The zero-order valence-corrected chi connectivity index (χ0v) is 11.9. The topological polar surface area (TPSA) is 44.8 Å². The van der Waals surface area contributed by atoms with Crippen LogP contribution in [-0.2, 0) is 5.41 Å². The van der Waals surface area contributed by atoms with Gasteiger partial charge in [-0.3, -0.25) is 4.90 Å². The minimum atomic E-state index is -2.56. The van der Waals surface area contributed by atoms with Crippen LogP contribution in [0.5, 0.6) is 5.75 Å². The lowest BCUT2D eigenvalue weighted by molar-refractivity contribution is 0.203. The van der Waals surface area contributed by atoms with Crippen molar-refractivity contribution in [1.29, 1.82) is 0 Å². The maximum Gasteiger partial charge on any atom is 0.412 e. The molecular weight excluding hydrogens is 254 g/mol. The zero-order valence-electron chi connectivity index (χ0n) is 14.9. The van der Waals surface area contributed by atoms with Gasteiger partial charge < -0.3 is 15.0 Å². The van der Waals surface area contributed by atoms with E-state index >= 15 is 0 Å². The molecule has 1 aromatic carbocycles. The number of carbonyl (C=O) groups is 1. The summed E-state index contributed by atoms with van der Waals surface area (Å²) >= 11 is 0. The molecule has 108 valence electrons. The molecule has 2 atom stereocenters. The highest BCUT2D eigenvalue weighted by atomic mass is 16.5. The Hall–Kier alpha value is -1.75. The number of hydrogen-bond donors (Lipinski definition) is 1. The lowest BCUT2D eigenvalue weighted by atomic mass is 9.81. The molecule has 2 aliphatic rings. The summed E-state index contributed by atoms with van der Waals surface area (Å²) in [4.78, 5) is 16.2. The zero-order chi connectivity index (χ0) is 17.0. The quantitative estimate of drug-likeness (QED) is 0.850. The number of hydrogen-bond acceptors (Lipinski definition) is 4. The first kappa shape index (κ1) is 10.0. The molecule has 0 aliphatic carbocycles. The monoisotopic (exact) mass is 278 g/mol. The molecule has 1 amide bonds. The average Bonchev–Trinajstić information content (AvgIpc) is 2.83. The van der Waals surface area contributed by atoms with Crippen molar-refractivity contribution in [2.75, 3.05) is 32.5 Å². The third kappa shape index (κ3) is 1.69. The van der Waals surface area contributed by atoms with E-state index in [1.54, 1.807) is 6.07 Å². The predicted octanol–water partition coefficient (Wildman–Crippen LogP) is 1.77. The first-order valence-corrected chi connectivity index (χ1v) is 6.69. The van der Waals surface area contributed by atoms with Crippen molar-refractivity contribution in [2.24, 2.45) is 0 Å². The van der Waals surface area contributed by atoms with Crippen LogP contribution in [0.3, 0.4) is 0 Å². The lowest BCUT2D eigenvalue weighted by Crippen LogP contribution is -2.45. The molecular formula is C15H21N3O2. The molecule has 3 rings (SSSR count). The number of likely N-dealkylation sites (tertiary alicyclic amines) is 1. The van der Waals surface area contributed by atoms with Gasteiger partial charge in [0.05, 0.1) is 6.17 Å². The Morgan fingerprint density at radius 2 is 2.35 bits per heavy atom. The average molecular weight is 278 g/mol. The number of nitrogens with one attached hydrogen (secondary N) is 1. The summed E-state index contributed by atoms with van der Waals surface area (Å²) in [6, 6.07) is 5.47. The molecule has 1 saturated heterocycles. The third-order valence-electron chi connectivity index (χ3n) is 4.61. The molecule has 2 aliphatic heterocycles. The van der Waals surface area contributed by atoms with Gasteiger partial charge in [0.25, 0.3) is 0 Å². The highest BCUT2D eigenvalue weighted by Gasteiger charge is 2.52. The Labute approximate surface area is 123 Å². The van der Waals surface area contributed by atoms with E-state index in [0.29, 0.717) is 5.75 Å². The molecule has 0 unspecified atom stereocenters. The highest BCUT2D eigenvalue weighted by molar-refractivity contribution is 5.72. The summed E-state index contributed by atoms with van der Waals surface area (Å²) < 4.78 is 26.2. The van der Waals surface area contributed by atoms with Gasteiger partial charge in [0, 0.05) is 35.8 Å². The fourth-order valence-electron chi connectivity index (χ4n) is 3.75. The van der Waals surface area contributed by atoms with Crippen molar-refractivity contribution in [3.8, 4) is 5.75 Å². The first-order chi connectivity index (χ1) is 10.6. The van der Waals surface area contributed by atoms with Crippen LogP contribution in [0.4, 0.5) is 10.5 Å².